The van der Waals surface area contributed by atoms with Gasteiger partial charge in [-0.05, 0) is 38.1 Å². The summed E-state index contributed by atoms with van der Waals surface area (Å²) in [6.07, 6.45) is 0.560. The van der Waals surface area contributed by atoms with Gasteiger partial charge in [0.25, 0.3) is 0 Å². The van der Waals surface area contributed by atoms with E-state index < -0.39 is 22.6 Å². The summed E-state index contributed by atoms with van der Waals surface area (Å²) in [5, 5.41) is 29.2. The van der Waals surface area contributed by atoms with Gasteiger partial charge in [0.15, 0.2) is 11.4 Å². The third-order valence-electron chi connectivity index (χ3n) is 5.81. The highest BCUT2D eigenvalue weighted by molar-refractivity contribution is 5.78. The van der Waals surface area contributed by atoms with Crippen molar-refractivity contribution in [2.24, 2.45) is 5.92 Å². The van der Waals surface area contributed by atoms with E-state index in [9.17, 15) is 28.4 Å². The molecule has 0 aromatic carbocycles. The average molecular weight is 493 g/mol. The second-order valence-electron chi connectivity index (χ2n) is 7.72. The molecule has 0 saturated carbocycles. The van der Waals surface area contributed by atoms with Gasteiger partial charge in [0.05, 0.1) is 16.7 Å². The predicted molar refractivity (Wildman–Crippen MR) is 123 cm³/mol. The van der Waals surface area contributed by atoms with Crippen LogP contribution < -0.4 is 11.1 Å². The molecule has 1 aliphatic heterocycles. The van der Waals surface area contributed by atoms with Gasteiger partial charge < -0.3 is 16.2 Å². The molecular formula is C22H26F3N7O3. The largest absolute Gasteiger partial charge is 0.421 e. The zero-order valence-corrected chi connectivity index (χ0v) is 19.2. The Morgan fingerprint density at radius 3 is 2.43 bits per heavy atom. The molecule has 0 aliphatic carbocycles. The Balaban J connectivity index is 0.00000167. The lowest BCUT2D eigenvalue weighted by atomic mass is 9.76. The summed E-state index contributed by atoms with van der Waals surface area (Å²) >= 11 is 0. The Morgan fingerprint density at radius 2 is 1.86 bits per heavy atom. The summed E-state index contributed by atoms with van der Waals surface area (Å²) in [7, 11) is 0. The van der Waals surface area contributed by atoms with Crippen molar-refractivity contribution in [1.29, 1.82) is 0 Å². The topological polar surface area (TPSA) is 145 Å². The van der Waals surface area contributed by atoms with E-state index in [0.717, 1.165) is 6.20 Å². The lowest BCUT2D eigenvalue weighted by Gasteiger charge is -2.40. The average Bonchev–Trinajstić information content (AvgIpc) is 3.34. The molecule has 1 aliphatic rings. The highest BCUT2D eigenvalue weighted by atomic mass is 19.4. The van der Waals surface area contributed by atoms with Crippen LogP contribution in [-0.2, 0) is 5.60 Å². The maximum absolute atomic E-state index is 13.9. The molecular weight excluding hydrogens is 467 g/mol. The van der Waals surface area contributed by atoms with Crippen molar-refractivity contribution in [3.05, 3.63) is 58.7 Å². The number of nitrogen functional groups attached to an aromatic ring is 1. The number of rotatable bonds is 5. The van der Waals surface area contributed by atoms with Crippen LogP contribution in [-0.4, -0.2) is 49.0 Å². The minimum atomic E-state index is -4.88. The Labute approximate surface area is 199 Å². The number of hydrogen-bond acceptors (Lipinski definition) is 8. The van der Waals surface area contributed by atoms with Crippen molar-refractivity contribution >= 4 is 11.5 Å². The number of anilines is 1. The molecule has 4 N–H and O–H groups in total. The van der Waals surface area contributed by atoms with Gasteiger partial charge in [0.1, 0.15) is 0 Å². The first-order valence-electron chi connectivity index (χ1n) is 11.0. The van der Waals surface area contributed by atoms with E-state index >= 15 is 0 Å². The number of hydrogen-bond donors (Lipinski definition) is 3. The number of nitro groups is 1. The third kappa shape index (κ3) is 4.95. The van der Waals surface area contributed by atoms with E-state index in [2.05, 4.69) is 20.4 Å². The van der Waals surface area contributed by atoms with Gasteiger partial charge in [-0.25, -0.2) is 14.6 Å². The zero-order chi connectivity index (χ0) is 25.8. The van der Waals surface area contributed by atoms with E-state index in [1.54, 1.807) is 0 Å². The van der Waals surface area contributed by atoms with Crippen LogP contribution in [0.2, 0.25) is 0 Å². The number of aromatic nitrogens is 4. The van der Waals surface area contributed by atoms with E-state index in [1.807, 2.05) is 13.8 Å². The van der Waals surface area contributed by atoms with Crippen LogP contribution >= 0.6 is 0 Å². The fourth-order valence-corrected chi connectivity index (χ4v) is 4.10. The van der Waals surface area contributed by atoms with Gasteiger partial charge in [0, 0.05) is 35.6 Å². The van der Waals surface area contributed by atoms with Crippen molar-refractivity contribution < 1.29 is 23.2 Å². The van der Waals surface area contributed by atoms with Crippen LogP contribution in [0.15, 0.2) is 43.0 Å². The molecule has 0 amide bonds. The predicted octanol–water partition coefficient (Wildman–Crippen LogP) is 3.60. The van der Waals surface area contributed by atoms with Crippen molar-refractivity contribution in [3.63, 3.8) is 0 Å². The van der Waals surface area contributed by atoms with Gasteiger partial charge in [-0.1, -0.05) is 19.9 Å². The summed E-state index contributed by atoms with van der Waals surface area (Å²) in [6, 6.07) is 3.89. The third-order valence-corrected chi connectivity index (χ3v) is 5.81. The molecule has 1 atom stereocenters. The number of nitrogens with two attached hydrogens (primary N) is 1. The van der Waals surface area contributed by atoms with Crippen LogP contribution in [0.1, 0.15) is 32.3 Å². The Morgan fingerprint density at radius 1 is 1.17 bits per heavy atom. The highest BCUT2D eigenvalue weighted by Crippen LogP contribution is 2.47. The monoisotopic (exact) mass is 493 g/mol. The number of alkyl halides is 3. The number of piperidine rings is 1. The molecule has 4 heterocycles. The van der Waals surface area contributed by atoms with Gasteiger partial charge in [-0.3, -0.25) is 10.1 Å². The molecule has 1 saturated heterocycles. The van der Waals surface area contributed by atoms with Crippen LogP contribution in [0.4, 0.5) is 24.7 Å². The molecule has 13 heteroatoms. The molecule has 0 radical (unpaired) electrons. The fraction of sp³-hybridized carbons (Fsp3) is 0.409. The molecule has 1 unspecified atom stereocenters. The minimum absolute atomic E-state index is 0.171. The molecule has 0 bridgehead atoms. The maximum Gasteiger partial charge on any atom is 0.421 e. The van der Waals surface area contributed by atoms with E-state index in [4.69, 9.17) is 5.73 Å². The molecule has 3 aromatic rings. The first-order chi connectivity index (χ1) is 16.6. The van der Waals surface area contributed by atoms with Crippen molar-refractivity contribution in [3.8, 4) is 16.9 Å². The molecule has 4 rings (SSSR count). The Hall–Kier alpha value is -3.58. The standard InChI is InChI=1S/C20H20F3N7O3.C2H6/c21-20(22,23)19(31,13-3-6-25-7-4-13)14-1-2-16(27-10-14)29-11-12(9-28-29)15-5-8-26-18(24)17(15)30(32)33;1-2/h1-2,5,8-11,13,25,31H,3-4,6-7H2,(H2,24,26);1-2H3. The van der Waals surface area contributed by atoms with Crippen molar-refractivity contribution in [1.82, 2.24) is 25.1 Å². The SMILES string of the molecule is CC.Nc1nccc(-c2cnn(-c3ccc(C(O)(C4CCNCC4)C(F)(F)F)cn3)c2)c1[N+](=O)[O-]. The number of halogens is 3. The first-order valence-corrected chi connectivity index (χ1v) is 11.0. The fourth-order valence-electron chi connectivity index (χ4n) is 4.10. The van der Waals surface area contributed by atoms with Crippen LogP contribution in [0.3, 0.4) is 0 Å². The quantitative estimate of drug-likeness (QED) is 0.361. The summed E-state index contributed by atoms with van der Waals surface area (Å²) in [6.45, 7) is 4.77. The number of aliphatic hydroxyl groups is 1. The number of pyridine rings is 2. The maximum atomic E-state index is 13.9. The van der Waals surface area contributed by atoms with E-state index in [1.165, 1.54) is 41.5 Å². The van der Waals surface area contributed by atoms with E-state index in [-0.39, 0.29) is 41.3 Å². The van der Waals surface area contributed by atoms with E-state index in [0.29, 0.717) is 18.7 Å². The second kappa shape index (κ2) is 10.4. The summed E-state index contributed by atoms with van der Waals surface area (Å²) in [5.74, 6) is -1.08. The van der Waals surface area contributed by atoms with Gasteiger partial charge in [-0.2, -0.15) is 18.3 Å². The number of nitrogens with zero attached hydrogens (tertiary/aromatic N) is 5. The second-order valence-corrected chi connectivity index (χ2v) is 7.72. The van der Waals surface area contributed by atoms with Gasteiger partial charge in [-0.15, -0.1) is 0 Å². The highest BCUT2D eigenvalue weighted by Gasteiger charge is 2.59. The minimum Gasteiger partial charge on any atom is -0.378 e. The summed E-state index contributed by atoms with van der Waals surface area (Å²) in [4.78, 5) is 18.5. The molecule has 0 spiro atoms. The Bertz CT molecular complexity index is 1160. The molecule has 35 heavy (non-hydrogen) atoms. The van der Waals surface area contributed by atoms with Crippen LogP contribution in [0.5, 0.6) is 0 Å². The lowest BCUT2D eigenvalue weighted by molar-refractivity contribution is -0.383. The normalized spacial score (nSPS) is 16.2. The molecule has 1 fully saturated rings. The van der Waals surface area contributed by atoms with Gasteiger partial charge >= 0.3 is 11.9 Å². The lowest BCUT2D eigenvalue weighted by Crippen LogP contribution is -2.51. The van der Waals surface area contributed by atoms with Crippen molar-refractivity contribution in [2.75, 3.05) is 18.8 Å². The molecule has 3 aromatic heterocycles. The summed E-state index contributed by atoms with van der Waals surface area (Å²) < 4.78 is 43.1. The van der Waals surface area contributed by atoms with Crippen LogP contribution in [0, 0.1) is 16.0 Å². The number of nitrogens with one attached hydrogen (secondary N) is 1. The summed E-state index contributed by atoms with van der Waals surface area (Å²) in [5.41, 5.74) is 2.41. The molecule has 10 nitrogen and oxygen atoms in total. The Kier molecular flexibility index (Phi) is 7.70. The van der Waals surface area contributed by atoms with Gasteiger partial charge in [0.2, 0.25) is 5.82 Å². The zero-order valence-electron chi connectivity index (χ0n) is 19.2. The smallest absolute Gasteiger partial charge is 0.378 e. The molecule has 188 valence electrons. The van der Waals surface area contributed by atoms with Crippen molar-refractivity contribution in [2.45, 2.75) is 38.5 Å². The first kappa shape index (κ1) is 26.0. The van der Waals surface area contributed by atoms with Crippen LogP contribution in [0.25, 0.3) is 16.9 Å².